The van der Waals surface area contributed by atoms with Crippen molar-refractivity contribution < 1.29 is 9.47 Å². The molecule has 2 aliphatic heterocycles. The van der Waals surface area contributed by atoms with E-state index in [0.29, 0.717) is 6.04 Å². The van der Waals surface area contributed by atoms with E-state index in [1.165, 1.54) is 11.1 Å². The van der Waals surface area contributed by atoms with Gasteiger partial charge in [0.25, 0.3) is 0 Å². The van der Waals surface area contributed by atoms with Crippen molar-refractivity contribution in [3.8, 4) is 0 Å². The largest absolute Gasteiger partial charge is 0.350 e. The smallest absolute Gasteiger partial charge is 0.171 e. The number of ether oxygens (including phenoxy) is 2. The number of piperidine rings is 1. The lowest BCUT2D eigenvalue weighted by Gasteiger charge is -2.43. The van der Waals surface area contributed by atoms with Crippen LogP contribution in [0.5, 0.6) is 0 Å². The summed E-state index contributed by atoms with van der Waals surface area (Å²) in [6, 6.07) is 9.04. The molecule has 18 heavy (non-hydrogen) atoms. The molecule has 0 amide bonds. The minimum absolute atomic E-state index is 0.335. The summed E-state index contributed by atoms with van der Waals surface area (Å²) < 4.78 is 11.9. The van der Waals surface area contributed by atoms with E-state index in [9.17, 15) is 0 Å². The second kappa shape index (κ2) is 5.00. The Morgan fingerprint density at radius 3 is 2.89 bits per heavy atom. The first-order valence-corrected chi connectivity index (χ1v) is 6.85. The Kier molecular flexibility index (Phi) is 3.37. The Balaban J connectivity index is 1.77. The van der Waals surface area contributed by atoms with Crippen LogP contribution < -0.4 is 5.32 Å². The van der Waals surface area contributed by atoms with Crippen LogP contribution in [0.4, 0.5) is 0 Å². The Morgan fingerprint density at radius 1 is 1.28 bits per heavy atom. The molecule has 3 heteroatoms. The van der Waals surface area contributed by atoms with Gasteiger partial charge >= 0.3 is 0 Å². The Labute approximate surface area is 108 Å². The molecule has 3 nitrogen and oxygen atoms in total. The summed E-state index contributed by atoms with van der Waals surface area (Å²) in [6.45, 7) is 4.76. The van der Waals surface area contributed by atoms with Crippen molar-refractivity contribution in [2.45, 2.75) is 38.0 Å². The molecular weight excluding hydrogens is 226 g/mol. The van der Waals surface area contributed by atoms with Crippen LogP contribution in [-0.2, 0) is 9.47 Å². The highest BCUT2D eigenvalue weighted by Gasteiger charge is 2.40. The van der Waals surface area contributed by atoms with Crippen LogP contribution in [0.25, 0.3) is 0 Å². The van der Waals surface area contributed by atoms with E-state index < -0.39 is 0 Å². The van der Waals surface area contributed by atoms with Gasteiger partial charge in [0.15, 0.2) is 5.79 Å². The van der Waals surface area contributed by atoms with E-state index >= 15 is 0 Å². The lowest BCUT2D eigenvalue weighted by atomic mass is 9.91. The molecule has 2 saturated heterocycles. The molecule has 98 valence electrons. The van der Waals surface area contributed by atoms with E-state index in [-0.39, 0.29) is 5.79 Å². The molecule has 1 spiro atoms. The summed E-state index contributed by atoms with van der Waals surface area (Å²) in [6.07, 6.45) is 2.88. The van der Waals surface area contributed by atoms with Gasteiger partial charge in [0.05, 0.1) is 13.2 Å². The average molecular weight is 247 g/mol. The molecule has 1 aromatic carbocycles. The van der Waals surface area contributed by atoms with Gasteiger partial charge in [-0.1, -0.05) is 29.8 Å². The summed E-state index contributed by atoms with van der Waals surface area (Å²) >= 11 is 0. The standard InChI is InChI=1S/C15H21NO2/c1-12-4-2-5-13(10-12)14-11-15(6-7-16-14)17-8-3-9-18-15/h2,4-5,10,14,16H,3,6-9,11H2,1H3. The van der Waals surface area contributed by atoms with Crippen molar-refractivity contribution in [3.05, 3.63) is 35.4 Å². The number of aryl methyl sites for hydroxylation is 1. The van der Waals surface area contributed by atoms with Crippen LogP contribution in [-0.4, -0.2) is 25.5 Å². The minimum atomic E-state index is -0.335. The van der Waals surface area contributed by atoms with E-state index in [2.05, 4.69) is 36.5 Å². The molecule has 0 radical (unpaired) electrons. The molecule has 2 aliphatic rings. The zero-order valence-corrected chi connectivity index (χ0v) is 10.9. The normalized spacial score (nSPS) is 27.3. The number of benzene rings is 1. The van der Waals surface area contributed by atoms with Gasteiger partial charge in [0, 0.05) is 25.4 Å². The third kappa shape index (κ3) is 2.44. The highest BCUT2D eigenvalue weighted by molar-refractivity contribution is 5.25. The highest BCUT2D eigenvalue weighted by atomic mass is 16.7. The average Bonchev–Trinajstić information content (AvgIpc) is 2.40. The monoisotopic (exact) mass is 247 g/mol. The number of nitrogens with one attached hydrogen (secondary N) is 1. The zero-order valence-electron chi connectivity index (χ0n) is 10.9. The van der Waals surface area contributed by atoms with Crippen LogP contribution in [0, 0.1) is 6.92 Å². The highest BCUT2D eigenvalue weighted by Crippen LogP contribution is 2.36. The fraction of sp³-hybridized carbons (Fsp3) is 0.600. The third-order valence-corrected chi connectivity index (χ3v) is 3.88. The van der Waals surface area contributed by atoms with Gasteiger partial charge in [0.2, 0.25) is 0 Å². The van der Waals surface area contributed by atoms with Crippen molar-refractivity contribution in [2.75, 3.05) is 19.8 Å². The van der Waals surface area contributed by atoms with Gasteiger partial charge in [-0.05, 0) is 18.9 Å². The summed E-state index contributed by atoms with van der Waals surface area (Å²) in [7, 11) is 0. The first-order valence-electron chi connectivity index (χ1n) is 6.85. The van der Waals surface area contributed by atoms with Gasteiger partial charge in [-0.15, -0.1) is 0 Å². The molecular formula is C15H21NO2. The molecule has 0 aromatic heterocycles. The first kappa shape index (κ1) is 12.2. The minimum Gasteiger partial charge on any atom is -0.350 e. The summed E-state index contributed by atoms with van der Waals surface area (Å²) in [4.78, 5) is 0. The lowest BCUT2D eigenvalue weighted by molar-refractivity contribution is -0.281. The van der Waals surface area contributed by atoms with Gasteiger partial charge in [-0.3, -0.25) is 0 Å². The van der Waals surface area contributed by atoms with Gasteiger partial charge < -0.3 is 14.8 Å². The van der Waals surface area contributed by atoms with Crippen molar-refractivity contribution in [1.82, 2.24) is 5.32 Å². The van der Waals surface area contributed by atoms with Crippen LogP contribution in [0.3, 0.4) is 0 Å². The van der Waals surface area contributed by atoms with Crippen LogP contribution in [0.1, 0.15) is 36.4 Å². The van der Waals surface area contributed by atoms with Crippen LogP contribution in [0.15, 0.2) is 24.3 Å². The molecule has 1 atom stereocenters. The van der Waals surface area contributed by atoms with Gasteiger partial charge in [0.1, 0.15) is 0 Å². The zero-order chi connectivity index (χ0) is 12.4. The maximum atomic E-state index is 5.93. The van der Waals surface area contributed by atoms with Crippen molar-refractivity contribution >= 4 is 0 Å². The van der Waals surface area contributed by atoms with Gasteiger partial charge in [-0.2, -0.15) is 0 Å². The van der Waals surface area contributed by atoms with Crippen LogP contribution in [0.2, 0.25) is 0 Å². The summed E-state index contributed by atoms with van der Waals surface area (Å²) in [5, 5.41) is 3.57. The Hall–Kier alpha value is -0.900. The summed E-state index contributed by atoms with van der Waals surface area (Å²) in [5.74, 6) is -0.335. The second-order valence-electron chi connectivity index (χ2n) is 5.34. The molecule has 3 rings (SSSR count). The number of hydrogen-bond acceptors (Lipinski definition) is 3. The number of hydrogen-bond donors (Lipinski definition) is 1. The molecule has 2 fully saturated rings. The second-order valence-corrected chi connectivity index (χ2v) is 5.34. The maximum absolute atomic E-state index is 5.93. The molecule has 1 aromatic rings. The molecule has 0 saturated carbocycles. The van der Waals surface area contributed by atoms with E-state index in [1.807, 2.05) is 0 Å². The maximum Gasteiger partial charge on any atom is 0.171 e. The van der Waals surface area contributed by atoms with E-state index in [4.69, 9.17) is 9.47 Å². The molecule has 1 unspecified atom stereocenters. The fourth-order valence-electron chi connectivity index (χ4n) is 2.92. The number of rotatable bonds is 1. The first-order chi connectivity index (χ1) is 8.77. The van der Waals surface area contributed by atoms with E-state index in [0.717, 1.165) is 39.0 Å². The van der Waals surface area contributed by atoms with Crippen molar-refractivity contribution in [1.29, 1.82) is 0 Å². The molecule has 0 aliphatic carbocycles. The summed E-state index contributed by atoms with van der Waals surface area (Å²) in [5.41, 5.74) is 2.64. The quantitative estimate of drug-likeness (QED) is 0.827. The topological polar surface area (TPSA) is 30.5 Å². The molecule has 0 bridgehead atoms. The van der Waals surface area contributed by atoms with E-state index in [1.54, 1.807) is 0 Å². The van der Waals surface area contributed by atoms with Crippen molar-refractivity contribution in [3.63, 3.8) is 0 Å². The van der Waals surface area contributed by atoms with Gasteiger partial charge in [-0.25, -0.2) is 0 Å². The third-order valence-electron chi connectivity index (χ3n) is 3.88. The predicted molar refractivity (Wildman–Crippen MR) is 70.4 cm³/mol. The Bertz CT molecular complexity index is 407. The lowest BCUT2D eigenvalue weighted by Crippen LogP contribution is -2.49. The molecule has 1 N–H and O–H groups in total. The molecule has 2 heterocycles. The fourth-order valence-corrected chi connectivity index (χ4v) is 2.92. The predicted octanol–water partition coefficient (Wildman–Crippen LogP) is 2.55. The SMILES string of the molecule is Cc1cccc(C2CC3(CCN2)OCCCO3)c1. The van der Waals surface area contributed by atoms with Crippen molar-refractivity contribution in [2.24, 2.45) is 0 Å². The Morgan fingerprint density at radius 2 is 2.11 bits per heavy atom. The van der Waals surface area contributed by atoms with Crippen LogP contribution >= 0.6 is 0 Å².